The summed E-state index contributed by atoms with van der Waals surface area (Å²) in [7, 11) is 0. The SMILES string of the molecule is O=C(O)COc1cccc(NC(=O)CC2CCSCC2)c1. The van der Waals surface area contributed by atoms with Gasteiger partial charge in [-0.2, -0.15) is 11.8 Å². The van der Waals surface area contributed by atoms with E-state index in [1.165, 1.54) is 0 Å². The van der Waals surface area contributed by atoms with Crippen molar-refractivity contribution in [2.45, 2.75) is 19.3 Å². The van der Waals surface area contributed by atoms with E-state index in [1.54, 1.807) is 24.3 Å². The number of carbonyl (C=O) groups excluding carboxylic acids is 1. The molecule has 0 aromatic heterocycles. The van der Waals surface area contributed by atoms with Gasteiger partial charge in [0.25, 0.3) is 0 Å². The van der Waals surface area contributed by atoms with Gasteiger partial charge in [-0.25, -0.2) is 4.79 Å². The molecule has 1 saturated heterocycles. The smallest absolute Gasteiger partial charge is 0.341 e. The molecule has 0 bridgehead atoms. The molecule has 0 spiro atoms. The lowest BCUT2D eigenvalue weighted by Gasteiger charge is -2.20. The lowest BCUT2D eigenvalue weighted by molar-refractivity contribution is -0.139. The van der Waals surface area contributed by atoms with Gasteiger partial charge in [-0.1, -0.05) is 6.07 Å². The summed E-state index contributed by atoms with van der Waals surface area (Å²) in [5.74, 6) is 2.15. The van der Waals surface area contributed by atoms with Gasteiger partial charge in [-0.3, -0.25) is 4.79 Å². The second-order valence-electron chi connectivity index (χ2n) is 5.02. The van der Waals surface area contributed by atoms with Crippen molar-refractivity contribution in [3.63, 3.8) is 0 Å². The van der Waals surface area contributed by atoms with Crippen molar-refractivity contribution in [2.75, 3.05) is 23.4 Å². The third kappa shape index (κ3) is 5.67. The van der Waals surface area contributed by atoms with Crippen LogP contribution in [0.15, 0.2) is 24.3 Å². The number of ether oxygens (including phenoxy) is 1. The van der Waals surface area contributed by atoms with E-state index in [9.17, 15) is 9.59 Å². The van der Waals surface area contributed by atoms with Crippen molar-refractivity contribution in [2.24, 2.45) is 5.92 Å². The molecule has 1 amide bonds. The summed E-state index contributed by atoms with van der Waals surface area (Å²) in [5.41, 5.74) is 0.632. The highest BCUT2D eigenvalue weighted by atomic mass is 32.2. The van der Waals surface area contributed by atoms with E-state index in [0.717, 1.165) is 24.3 Å². The molecular weight excluding hydrogens is 290 g/mol. The fraction of sp³-hybridized carbons (Fsp3) is 0.467. The number of nitrogens with one attached hydrogen (secondary N) is 1. The molecule has 1 aromatic carbocycles. The first-order chi connectivity index (χ1) is 10.1. The number of carbonyl (C=O) groups is 2. The molecule has 2 rings (SSSR count). The van der Waals surface area contributed by atoms with E-state index >= 15 is 0 Å². The number of benzene rings is 1. The fourth-order valence-corrected chi connectivity index (χ4v) is 3.44. The number of carboxylic acids is 1. The predicted octanol–water partition coefficient (Wildman–Crippen LogP) is 2.62. The summed E-state index contributed by atoms with van der Waals surface area (Å²) in [6.07, 6.45) is 2.74. The molecule has 21 heavy (non-hydrogen) atoms. The van der Waals surface area contributed by atoms with Crippen LogP contribution < -0.4 is 10.1 Å². The lowest BCUT2D eigenvalue weighted by atomic mass is 9.98. The van der Waals surface area contributed by atoms with E-state index in [-0.39, 0.29) is 5.91 Å². The minimum atomic E-state index is -1.03. The Bertz CT molecular complexity index is 500. The highest BCUT2D eigenvalue weighted by Gasteiger charge is 2.17. The second kappa shape index (κ2) is 7.93. The van der Waals surface area contributed by atoms with E-state index in [2.05, 4.69) is 5.32 Å². The number of rotatable bonds is 6. The first-order valence-electron chi connectivity index (χ1n) is 6.96. The minimum absolute atomic E-state index is 0.00212. The zero-order chi connectivity index (χ0) is 15.1. The van der Waals surface area contributed by atoms with Crippen LogP contribution in [0.25, 0.3) is 0 Å². The molecule has 6 heteroatoms. The van der Waals surface area contributed by atoms with Gasteiger partial charge in [0.05, 0.1) is 0 Å². The first-order valence-corrected chi connectivity index (χ1v) is 8.11. The molecule has 1 aromatic rings. The molecule has 1 fully saturated rings. The monoisotopic (exact) mass is 309 g/mol. The number of hydrogen-bond donors (Lipinski definition) is 2. The Morgan fingerprint density at radius 1 is 1.33 bits per heavy atom. The molecule has 2 N–H and O–H groups in total. The van der Waals surface area contributed by atoms with Crippen molar-refractivity contribution in [3.8, 4) is 5.75 Å². The Labute approximate surface area is 128 Å². The summed E-state index contributed by atoms with van der Waals surface area (Å²) in [4.78, 5) is 22.5. The number of thioether (sulfide) groups is 1. The van der Waals surface area contributed by atoms with Crippen molar-refractivity contribution in [3.05, 3.63) is 24.3 Å². The predicted molar refractivity (Wildman–Crippen MR) is 82.9 cm³/mol. The van der Waals surface area contributed by atoms with Crippen LogP contribution in [0.5, 0.6) is 5.75 Å². The zero-order valence-corrected chi connectivity index (χ0v) is 12.5. The molecule has 0 aliphatic carbocycles. The van der Waals surface area contributed by atoms with Crippen molar-refractivity contribution >= 4 is 29.3 Å². The average Bonchev–Trinajstić information content (AvgIpc) is 2.46. The van der Waals surface area contributed by atoms with Gasteiger partial charge >= 0.3 is 5.97 Å². The first kappa shape index (κ1) is 15.7. The Morgan fingerprint density at radius 3 is 2.81 bits per heavy atom. The standard InChI is InChI=1S/C15H19NO4S/c17-14(8-11-4-6-21-7-5-11)16-12-2-1-3-13(9-12)20-10-15(18)19/h1-3,9,11H,4-8,10H2,(H,16,17)(H,18,19). The van der Waals surface area contributed by atoms with Gasteiger partial charge in [0, 0.05) is 18.2 Å². The van der Waals surface area contributed by atoms with Crippen LogP contribution in [0, 0.1) is 5.92 Å². The van der Waals surface area contributed by atoms with E-state index in [0.29, 0.717) is 23.8 Å². The Morgan fingerprint density at radius 2 is 2.10 bits per heavy atom. The maximum absolute atomic E-state index is 12.0. The molecular formula is C15H19NO4S. The number of hydrogen-bond acceptors (Lipinski definition) is 4. The van der Waals surface area contributed by atoms with Crippen LogP contribution in [0.2, 0.25) is 0 Å². The summed E-state index contributed by atoms with van der Waals surface area (Å²) in [6, 6.07) is 6.79. The summed E-state index contributed by atoms with van der Waals surface area (Å²) in [6.45, 7) is -0.392. The normalized spacial score (nSPS) is 15.4. The maximum atomic E-state index is 12.0. The minimum Gasteiger partial charge on any atom is -0.482 e. The quantitative estimate of drug-likeness (QED) is 0.845. The zero-order valence-electron chi connectivity index (χ0n) is 11.7. The number of amides is 1. The van der Waals surface area contributed by atoms with Gasteiger partial charge in [0.15, 0.2) is 6.61 Å². The molecule has 5 nitrogen and oxygen atoms in total. The van der Waals surface area contributed by atoms with Gasteiger partial charge in [0.1, 0.15) is 5.75 Å². The molecule has 1 aliphatic heterocycles. The summed E-state index contributed by atoms with van der Waals surface area (Å²) >= 11 is 1.94. The molecule has 114 valence electrons. The Kier molecular flexibility index (Phi) is 5.92. The third-order valence-corrected chi connectivity index (χ3v) is 4.34. The van der Waals surface area contributed by atoms with Gasteiger partial charge in [0.2, 0.25) is 5.91 Å². The summed E-state index contributed by atoms with van der Waals surface area (Å²) in [5, 5.41) is 11.4. The molecule has 1 aliphatic rings. The van der Waals surface area contributed by atoms with E-state index in [4.69, 9.17) is 9.84 Å². The lowest BCUT2D eigenvalue weighted by Crippen LogP contribution is -2.19. The van der Waals surface area contributed by atoms with Crippen molar-refractivity contribution in [1.82, 2.24) is 0 Å². The highest BCUT2D eigenvalue weighted by Crippen LogP contribution is 2.26. The third-order valence-electron chi connectivity index (χ3n) is 3.30. The van der Waals surface area contributed by atoms with Crippen LogP contribution in [-0.2, 0) is 9.59 Å². The number of anilines is 1. The van der Waals surface area contributed by atoms with E-state index < -0.39 is 12.6 Å². The molecule has 1 heterocycles. The van der Waals surface area contributed by atoms with Gasteiger partial charge < -0.3 is 15.2 Å². The number of aliphatic carboxylic acids is 1. The van der Waals surface area contributed by atoms with Crippen LogP contribution in [0.1, 0.15) is 19.3 Å². The van der Waals surface area contributed by atoms with Crippen molar-refractivity contribution < 1.29 is 19.4 Å². The molecule has 0 atom stereocenters. The van der Waals surface area contributed by atoms with E-state index in [1.807, 2.05) is 11.8 Å². The van der Waals surface area contributed by atoms with Gasteiger partial charge in [-0.05, 0) is 42.4 Å². The maximum Gasteiger partial charge on any atom is 0.341 e. The topological polar surface area (TPSA) is 75.6 Å². The molecule has 0 radical (unpaired) electrons. The summed E-state index contributed by atoms with van der Waals surface area (Å²) < 4.78 is 5.09. The number of carboxylic acid groups (broad SMARTS) is 1. The Balaban J connectivity index is 1.85. The average molecular weight is 309 g/mol. The van der Waals surface area contributed by atoms with Crippen LogP contribution >= 0.6 is 11.8 Å². The molecule has 0 saturated carbocycles. The molecule has 0 unspecified atom stereocenters. The second-order valence-corrected chi connectivity index (χ2v) is 6.24. The Hall–Kier alpha value is -1.69. The van der Waals surface area contributed by atoms with Crippen LogP contribution in [0.3, 0.4) is 0 Å². The van der Waals surface area contributed by atoms with Crippen molar-refractivity contribution in [1.29, 1.82) is 0 Å². The highest BCUT2D eigenvalue weighted by molar-refractivity contribution is 7.99. The van der Waals surface area contributed by atoms with Crippen LogP contribution in [0.4, 0.5) is 5.69 Å². The van der Waals surface area contributed by atoms with Crippen LogP contribution in [-0.4, -0.2) is 35.1 Å². The fourth-order valence-electron chi connectivity index (χ4n) is 2.23. The van der Waals surface area contributed by atoms with Gasteiger partial charge in [-0.15, -0.1) is 0 Å². The largest absolute Gasteiger partial charge is 0.482 e.